The van der Waals surface area contributed by atoms with Gasteiger partial charge in [-0.05, 0) is 25.5 Å². The molecule has 1 aromatic rings. The van der Waals surface area contributed by atoms with Crippen LogP contribution in [0.25, 0.3) is 0 Å². The molecule has 1 heterocycles. The van der Waals surface area contributed by atoms with Gasteiger partial charge in [0.25, 0.3) is 11.6 Å². The standard InChI is InChI=1S/C14H19N3O4/c1-9-11(5-6-21-9)8-16-14(18)10-3-4-12(15-2)13(7-10)17(19)20/h3-4,7,9,11,15H,5-6,8H2,1-2H3,(H,16,18). The maximum atomic E-state index is 12.1. The van der Waals surface area contributed by atoms with Crippen molar-refractivity contribution in [3.05, 3.63) is 33.9 Å². The van der Waals surface area contributed by atoms with E-state index in [2.05, 4.69) is 10.6 Å². The van der Waals surface area contributed by atoms with Gasteiger partial charge in [0.1, 0.15) is 5.69 Å². The highest BCUT2D eigenvalue weighted by Gasteiger charge is 2.25. The van der Waals surface area contributed by atoms with Gasteiger partial charge in [-0.2, -0.15) is 0 Å². The quantitative estimate of drug-likeness (QED) is 0.637. The summed E-state index contributed by atoms with van der Waals surface area (Å²) in [6.07, 6.45) is 1.05. The van der Waals surface area contributed by atoms with Crippen LogP contribution in [-0.2, 0) is 4.74 Å². The van der Waals surface area contributed by atoms with Crippen molar-refractivity contribution < 1.29 is 14.5 Å². The molecule has 0 saturated carbocycles. The van der Waals surface area contributed by atoms with Crippen molar-refractivity contribution in [3.8, 4) is 0 Å². The molecule has 7 heteroatoms. The fraction of sp³-hybridized carbons (Fsp3) is 0.500. The Labute approximate surface area is 122 Å². The number of nitro groups is 1. The largest absolute Gasteiger partial charge is 0.383 e. The van der Waals surface area contributed by atoms with E-state index in [-0.39, 0.29) is 23.3 Å². The van der Waals surface area contributed by atoms with Gasteiger partial charge in [0.2, 0.25) is 0 Å². The van der Waals surface area contributed by atoms with E-state index in [1.807, 2.05) is 6.92 Å². The van der Waals surface area contributed by atoms with Crippen LogP contribution in [0.4, 0.5) is 11.4 Å². The van der Waals surface area contributed by atoms with E-state index in [0.29, 0.717) is 24.8 Å². The van der Waals surface area contributed by atoms with Gasteiger partial charge in [0.05, 0.1) is 11.0 Å². The first kappa shape index (κ1) is 15.2. The number of amides is 1. The molecule has 1 amide bonds. The summed E-state index contributed by atoms with van der Waals surface area (Å²) in [6, 6.07) is 4.40. The number of anilines is 1. The van der Waals surface area contributed by atoms with Crippen LogP contribution < -0.4 is 10.6 Å². The molecular weight excluding hydrogens is 274 g/mol. The number of nitro benzene ring substituents is 1. The minimum atomic E-state index is -0.504. The summed E-state index contributed by atoms with van der Waals surface area (Å²) in [5.41, 5.74) is 0.560. The monoisotopic (exact) mass is 293 g/mol. The van der Waals surface area contributed by atoms with E-state index in [9.17, 15) is 14.9 Å². The third kappa shape index (κ3) is 3.49. The van der Waals surface area contributed by atoms with E-state index in [0.717, 1.165) is 6.42 Å². The van der Waals surface area contributed by atoms with Crippen LogP contribution in [0, 0.1) is 16.0 Å². The van der Waals surface area contributed by atoms with Crippen molar-refractivity contribution in [2.24, 2.45) is 5.92 Å². The van der Waals surface area contributed by atoms with Crippen molar-refractivity contribution in [2.45, 2.75) is 19.4 Å². The Bertz CT molecular complexity index is 547. The van der Waals surface area contributed by atoms with E-state index in [1.54, 1.807) is 13.1 Å². The fourth-order valence-corrected chi connectivity index (χ4v) is 2.41. The van der Waals surface area contributed by atoms with Gasteiger partial charge < -0.3 is 15.4 Å². The highest BCUT2D eigenvalue weighted by Crippen LogP contribution is 2.25. The van der Waals surface area contributed by atoms with Crippen molar-refractivity contribution in [1.29, 1.82) is 0 Å². The van der Waals surface area contributed by atoms with Gasteiger partial charge in [0, 0.05) is 37.7 Å². The Morgan fingerprint density at radius 2 is 2.29 bits per heavy atom. The maximum absolute atomic E-state index is 12.1. The average molecular weight is 293 g/mol. The van der Waals surface area contributed by atoms with Crippen LogP contribution in [0.15, 0.2) is 18.2 Å². The minimum Gasteiger partial charge on any atom is -0.383 e. The summed E-state index contributed by atoms with van der Waals surface area (Å²) in [5, 5.41) is 16.5. The molecule has 2 unspecified atom stereocenters. The van der Waals surface area contributed by atoms with E-state index < -0.39 is 4.92 Å². The van der Waals surface area contributed by atoms with Gasteiger partial charge >= 0.3 is 0 Å². The zero-order valence-electron chi connectivity index (χ0n) is 12.1. The van der Waals surface area contributed by atoms with Gasteiger partial charge in [-0.25, -0.2) is 0 Å². The zero-order valence-corrected chi connectivity index (χ0v) is 12.1. The van der Waals surface area contributed by atoms with Crippen LogP contribution in [0.5, 0.6) is 0 Å². The van der Waals surface area contributed by atoms with Crippen LogP contribution in [0.1, 0.15) is 23.7 Å². The van der Waals surface area contributed by atoms with Crippen molar-refractivity contribution in [3.63, 3.8) is 0 Å². The molecule has 1 aliphatic rings. The molecule has 2 rings (SSSR count). The molecule has 1 aliphatic heterocycles. The number of rotatable bonds is 5. The normalized spacial score (nSPS) is 21.0. The Kier molecular flexibility index (Phi) is 4.74. The van der Waals surface area contributed by atoms with Crippen LogP contribution in [0.2, 0.25) is 0 Å². The summed E-state index contributed by atoms with van der Waals surface area (Å²) in [4.78, 5) is 22.6. The number of hydrogen-bond acceptors (Lipinski definition) is 5. The highest BCUT2D eigenvalue weighted by molar-refractivity contribution is 5.95. The predicted octanol–water partition coefficient (Wildman–Crippen LogP) is 1.79. The number of nitrogens with one attached hydrogen (secondary N) is 2. The van der Waals surface area contributed by atoms with E-state index in [4.69, 9.17) is 4.74 Å². The molecule has 114 valence electrons. The van der Waals surface area contributed by atoms with E-state index in [1.165, 1.54) is 12.1 Å². The average Bonchev–Trinajstić information content (AvgIpc) is 2.89. The van der Waals surface area contributed by atoms with Gasteiger partial charge in [-0.1, -0.05) is 0 Å². The number of carbonyl (C=O) groups excluding carboxylic acids is 1. The molecule has 2 atom stereocenters. The zero-order chi connectivity index (χ0) is 15.4. The molecule has 1 fully saturated rings. The first-order valence-electron chi connectivity index (χ1n) is 6.89. The smallest absolute Gasteiger partial charge is 0.293 e. The summed E-state index contributed by atoms with van der Waals surface area (Å²) >= 11 is 0. The first-order valence-corrected chi connectivity index (χ1v) is 6.89. The predicted molar refractivity (Wildman–Crippen MR) is 78.5 cm³/mol. The molecular formula is C14H19N3O4. The molecule has 0 bridgehead atoms. The van der Waals surface area contributed by atoms with Gasteiger partial charge in [-0.3, -0.25) is 14.9 Å². The number of benzene rings is 1. The Morgan fingerprint density at radius 1 is 1.52 bits per heavy atom. The highest BCUT2D eigenvalue weighted by atomic mass is 16.6. The minimum absolute atomic E-state index is 0.109. The number of ether oxygens (including phenoxy) is 1. The fourth-order valence-electron chi connectivity index (χ4n) is 2.41. The van der Waals surface area contributed by atoms with Crippen molar-refractivity contribution in [1.82, 2.24) is 5.32 Å². The Morgan fingerprint density at radius 3 is 2.86 bits per heavy atom. The summed E-state index contributed by atoms with van der Waals surface area (Å²) < 4.78 is 5.44. The van der Waals surface area contributed by atoms with E-state index >= 15 is 0 Å². The first-order chi connectivity index (χ1) is 10.0. The second kappa shape index (κ2) is 6.53. The molecule has 2 N–H and O–H groups in total. The SMILES string of the molecule is CNc1ccc(C(=O)NCC2CCOC2C)cc1[N+](=O)[O-]. The lowest BCUT2D eigenvalue weighted by atomic mass is 10.0. The number of nitrogens with zero attached hydrogens (tertiary/aromatic N) is 1. The summed E-state index contributed by atoms with van der Waals surface area (Å²) in [5.74, 6) is -0.0135. The molecule has 0 spiro atoms. The topological polar surface area (TPSA) is 93.5 Å². The van der Waals surface area contributed by atoms with Crippen molar-refractivity contribution >= 4 is 17.3 Å². The Balaban J connectivity index is 2.05. The lowest BCUT2D eigenvalue weighted by molar-refractivity contribution is -0.384. The van der Waals surface area contributed by atoms with Crippen LogP contribution in [-0.4, -0.2) is 37.1 Å². The molecule has 0 aliphatic carbocycles. The van der Waals surface area contributed by atoms with Crippen molar-refractivity contribution in [2.75, 3.05) is 25.5 Å². The molecule has 7 nitrogen and oxygen atoms in total. The molecule has 0 radical (unpaired) electrons. The maximum Gasteiger partial charge on any atom is 0.293 e. The third-order valence-electron chi connectivity index (χ3n) is 3.78. The van der Waals surface area contributed by atoms with Gasteiger partial charge in [-0.15, -0.1) is 0 Å². The lowest BCUT2D eigenvalue weighted by Gasteiger charge is -2.14. The summed E-state index contributed by atoms with van der Waals surface area (Å²) in [6.45, 7) is 3.21. The Hall–Kier alpha value is -2.15. The number of carbonyl (C=O) groups is 1. The second-order valence-corrected chi connectivity index (χ2v) is 5.07. The lowest BCUT2D eigenvalue weighted by Crippen LogP contribution is -2.32. The van der Waals surface area contributed by atoms with Gasteiger partial charge in [0.15, 0.2) is 0 Å². The third-order valence-corrected chi connectivity index (χ3v) is 3.78. The van der Waals surface area contributed by atoms with Crippen LogP contribution >= 0.6 is 0 Å². The molecule has 1 aromatic carbocycles. The molecule has 1 saturated heterocycles. The van der Waals surface area contributed by atoms with Crippen LogP contribution in [0.3, 0.4) is 0 Å². The molecule has 0 aromatic heterocycles. The summed E-state index contributed by atoms with van der Waals surface area (Å²) in [7, 11) is 1.60. The molecule has 21 heavy (non-hydrogen) atoms. The second-order valence-electron chi connectivity index (χ2n) is 5.07. The number of hydrogen-bond donors (Lipinski definition) is 2.